The minimum atomic E-state index is -4.39. The maximum absolute atomic E-state index is 12.4. The number of nitriles is 1. The second-order valence-electron chi connectivity index (χ2n) is 4.86. The third-order valence-corrected chi connectivity index (χ3v) is 4.35. The number of hydrogen-bond donors (Lipinski definition) is 1. The van der Waals surface area contributed by atoms with Crippen molar-refractivity contribution < 1.29 is 22.3 Å². The Labute approximate surface area is 148 Å². The van der Waals surface area contributed by atoms with Crippen LogP contribution in [0.25, 0.3) is 6.08 Å². The van der Waals surface area contributed by atoms with Crippen molar-refractivity contribution in [1.82, 2.24) is 0 Å². The molecular weight excluding hydrogens is 362 g/mol. The molecule has 0 spiro atoms. The number of primary amides is 1. The highest BCUT2D eigenvalue weighted by atomic mass is 32.2. The van der Waals surface area contributed by atoms with Crippen LogP contribution in [-0.4, -0.2) is 19.2 Å². The van der Waals surface area contributed by atoms with E-state index in [4.69, 9.17) is 15.2 Å². The Morgan fingerprint density at radius 1 is 1.23 bits per heavy atom. The molecule has 0 heterocycles. The van der Waals surface area contributed by atoms with Crippen LogP contribution in [0.3, 0.4) is 0 Å². The Bertz CT molecular complexity index is 1050. The van der Waals surface area contributed by atoms with Crippen LogP contribution < -0.4 is 9.92 Å². The molecule has 0 aliphatic heterocycles. The number of benzene rings is 2. The Morgan fingerprint density at radius 3 is 2.54 bits per heavy atom. The van der Waals surface area contributed by atoms with Gasteiger partial charge in [0.15, 0.2) is 0 Å². The molecule has 2 aromatic rings. The molecule has 0 fully saturated rings. The average Bonchev–Trinajstić information content (AvgIpc) is 2.60. The Kier molecular flexibility index (Phi) is 5.34. The molecule has 0 aliphatic rings. The molecule has 0 saturated carbocycles. The molecule has 0 radical (unpaired) electrons. The molecule has 1 amide bonds. The van der Waals surface area contributed by atoms with Crippen LogP contribution >= 0.6 is 0 Å². The highest BCUT2D eigenvalue weighted by Gasteiger charge is 2.21. The first-order valence-corrected chi connectivity index (χ1v) is 8.35. The quantitative estimate of drug-likeness (QED) is 0.266. The van der Waals surface area contributed by atoms with Crippen molar-refractivity contribution in [3.8, 4) is 11.8 Å². The molecule has 132 valence electrons. The maximum atomic E-state index is 12.4. The minimum absolute atomic E-state index is 0.122. The topological polar surface area (TPSA) is 153 Å². The van der Waals surface area contributed by atoms with Crippen molar-refractivity contribution in [3.63, 3.8) is 0 Å². The zero-order valence-electron chi connectivity index (χ0n) is 13.0. The van der Waals surface area contributed by atoms with Gasteiger partial charge in [0, 0.05) is 17.7 Å². The minimum Gasteiger partial charge on any atom is -0.378 e. The lowest BCUT2D eigenvalue weighted by Crippen LogP contribution is -2.13. The van der Waals surface area contributed by atoms with Crippen molar-refractivity contribution in [2.75, 3.05) is 0 Å². The number of hydrogen-bond acceptors (Lipinski definition) is 7. The number of carbonyl (C=O) groups is 1. The summed E-state index contributed by atoms with van der Waals surface area (Å²) in [4.78, 5) is 20.8. The number of rotatable bonds is 6. The molecule has 9 nitrogen and oxygen atoms in total. The number of amides is 1. The van der Waals surface area contributed by atoms with E-state index in [2.05, 4.69) is 0 Å². The average molecular weight is 373 g/mol. The summed E-state index contributed by atoms with van der Waals surface area (Å²) in [5.41, 5.74) is 4.37. The molecule has 0 bridgehead atoms. The monoisotopic (exact) mass is 373 g/mol. The second-order valence-corrected chi connectivity index (χ2v) is 6.41. The van der Waals surface area contributed by atoms with Crippen LogP contribution in [0.5, 0.6) is 5.75 Å². The summed E-state index contributed by atoms with van der Waals surface area (Å²) in [5.74, 6) is -1.16. The van der Waals surface area contributed by atoms with Crippen LogP contribution in [0.2, 0.25) is 0 Å². The SMILES string of the molecule is N#C/C(=C\c1ccccc1OS(=O)(=O)c1cccc([N+](=O)[O-])c1)C(N)=O. The van der Waals surface area contributed by atoms with Gasteiger partial charge in [-0.1, -0.05) is 24.3 Å². The highest BCUT2D eigenvalue weighted by Crippen LogP contribution is 2.26. The molecular formula is C16H11N3O6S. The fraction of sp³-hybridized carbons (Fsp3) is 0. The highest BCUT2D eigenvalue weighted by molar-refractivity contribution is 7.87. The number of para-hydroxylation sites is 1. The van der Waals surface area contributed by atoms with Gasteiger partial charge in [-0.25, -0.2) is 0 Å². The molecule has 2 aromatic carbocycles. The number of nitro benzene ring substituents is 1. The summed E-state index contributed by atoms with van der Waals surface area (Å²) in [6, 6.07) is 11.7. The van der Waals surface area contributed by atoms with Gasteiger partial charge in [0.05, 0.1) is 4.92 Å². The Hall–Kier alpha value is -3.71. The lowest BCUT2D eigenvalue weighted by molar-refractivity contribution is -0.385. The van der Waals surface area contributed by atoms with Crippen LogP contribution in [-0.2, 0) is 14.9 Å². The van der Waals surface area contributed by atoms with Gasteiger partial charge in [0.1, 0.15) is 22.3 Å². The molecule has 0 aromatic heterocycles. The van der Waals surface area contributed by atoms with Crippen molar-refractivity contribution in [2.45, 2.75) is 4.90 Å². The number of nitro groups is 1. The largest absolute Gasteiger partial charge is 0.378 e. The van der Waals surface area contributed by atoms with Crippen molar-refractivity contribution >= 4 is 27.8 Å². The molecule has 0 saturated heterocycles. The molecule has 2 rings (SSSR count). The van der Waals surface area contributed by atoms with E-state index in [9.17, 15) is 23.3 Å². The molecule has 2 N–H and O–H groups in total. The van der Waals surface area contributed by atoms with Gasteiger partial charge in [-0.2, -0.15) is 13.7 Å². The first kappa shape index (κ1) is 18.6. The van der Waals surface area contributed by atoms with E-state index in [1.54, 1.807) is 6.07 Å². The number of non-ortho nitro benzene ring substituents is 1. The van der Waals surface area contributed by atoms with E-state index >= 15 is 0 Å². The predicted octanol–water partition coefficient (Wildman–Crippen LogP) is 1.75. The van der Waals surface area contributed by atoms with Gasteiger partial charge in [-0.3, -0.25) is 14.9 Å². The fourth-order valence-electron chi connectivity index (χ4n) is 1.91. The van der Waals surface area contributed by atoms with E-state index in [-0.39, 0.29) is 11.3 Å². The first-order chi connectivity index (χ1) is 12.2. The maximum Gasteiger partial charge on any atom is 0.339 e. The summed E-state index contributed by atoms with van der Waals surface area (Å²) in [6.45, 7) is 0. The van der Waals surface area contributed by atoms with Crippen LogP contribution in [0.15, 0.2) is 59.0 Å². The van der Waals surface area contributed by atoms with Gasteiger partial charge < -0.3 is 9.92 Å². The summed E-state index contributed by atoms with van der Waals surface area (Å²) in [7, 11) is -4.39. The second kappa shape index (κ2) is 7.45. The molecule has 26 heavy (non-hydrogen) atoms. The predicted molar refractivity (Wildman–Crippen MR) is 90.1 cm³/mol. The van der Waals surface area contributed by atoms with E-state index in [1.165, 1.54) is 30.3 Å². The lowest BCUT2D eigenvalue weighted by atomic mass is 10.1. The van der Waals surface area contributed by atoms with E-state index < -0.39 is 37.1 Å². The summed E-state index contributed by atoms with van der Waals surface area (Å²) in [6.07, 6.45) is 1.08. The van der Waals surface area contributed by atoms with Crippen molar-refractivity contribution in [3.05, 3.63) is 69.8 Å². The first-order valence-electron chi connectivity index (χ1n) is 6.94. The molecule has 0 aliphatic carbocycles. The zero-order valence-corrected chi connectivity index (χ0v) is 13.8. The van der Waals surface area contributed by atoms with E-state index in [0.29, 0.717) is 0 Å². The van der Waals surface area contributed by atoms with E-state index in [0.717, 1.165) is 24.3 Å². The van der Waals surface area contributed by atoms with Crippen LogP contribution in [0.1, 0.15) is 5.56 Å². The fourth-order valence-corrected chi connectivity index (χ4v) is 2.90. The summed E-state index contributed by atoms with van der Waals surface area (Å²) in [5, 5.41) is 19.7. The van der Waals surface area contributed by atoms with Gasteiger partial charge in [0.25, 0.3) is 11.6 Å². The van der Waals surface area contributed by atoms with Gasteiger partial charge >= 0.3 is 10.1 Å². The smallest absolute Gasteiger partial charge is 0.339 e. The van der Waals surface area contributed by atoms with Crippen molar-refractivity contribution in [2.24, 2.45) is 5.73 Å². The third-order valence-electron chi connectivity index (χ3n) is 3.12. The third kappa shape index (κ3) is 4.22. The van der Waals surface area contributed by atoms with Gasteiger partial charge in [0.2, 0.25) is 0 Å². The number of nitrogens with two attached hydrogens (primary N) is 1. The standard InChI is InChI=1S/C16H11N3O6S/c17-10-12(16(18)20)8-11-4-1-2-7-15(11)25-26(23,24)14-6-3-5-13(9-14)19(21)22/h1-9H,(H2,18,20)/b12-8+. The molecule has 0 atom stereocenters. The van der Waals surface area contributed by atoms with Crippen LogP contribution in [0, 0.1) is 21.4 Å². The normalized spacial score (nSPS) is 11.4. The summed E-state index contributed by atoms with van der Waals surface area (Å²) < 4.78 is 29.8. The zero-order chi connectivity index (χ0) is 19.3. The number of nitrogens with zero attached hydrogens (tertiary/aromatic N) is 2. The summed E-state index contributed by atoms with van der Waals surface area (Å²) >= 11 is 0. The van der Waals surface area contributed by atoms with Crippen LogP contribution in [0.4, 0.5) is 5.69 Å². The van der Waals surface area contributed by atoms with E-state index in [1.807, 2.05) is 0 Å². The Morgan fingerprint density at radius 2 is 1.92 bits per heavy atom. The molecule has 0 unspecified atom stereocenters. The van der Waals surface area contributed by atoms with Gasteiger partial charge in [-0.05, 0) is 18.2 Å². The van der Waals surface area contributed by atoms with Gasteiger partial charge in [-0.15, -0.1) is 0 Å². The Balaban J connectivity index is 2.46. The van der Waals surface area contributed by atoms with Crippen molar-refractivity contribution in [1.29, 1.82) is 5.26 Å². The number of carbonyl (C=O) groups excluding carboxylic acids is 1. The lowest BCUT2D eigenvalue weighted by Gasteiger charge is -2.09. The molecule has 10 heteroatoms.